The molecule has 2 aliphatic heterocycles. The van der Waals surface area contributed by atoms with E-state index in [-0.39, 0.29) is 47.6 Å². The van der Waals surface area contributed by atoms with Crippen LogP contribution in [0.4, 0.5) is 10.5 Å². The summed E-state index contributed by atoms with van der Waals surface area (Å²) in [7, 11) is 0. The Bertz CT molecular complexity index is 759. The molecule has 1 atom stereocenters. The highest BCUT2D eigenvalue weighted by atomic mass is 32.2. The van der Waals surface area contributed by atoms with Crippen LogP contribution in [0.5, 0.6) is 0 Å². The van der Waals surface area contributed by atoms with Gasteiger partial charge >= 0.3 is 0 Å². The van der Waals surface area contributed by atoms with E-state index in [0.717, 1.165) is 30.2 Å². The highest BCUT2D eigenvalue weighted by molar-refractivity contribution is 8.14. The van der Waals surface area contributed by atoms with Gasteiger partial charge in [0.2, 0.25) is 17.7 Å². The summed E-state index contributed by atoms with van der Waals surface area (Å²) in [6.45, 7) is 0.747. The third-order valence-corrected chi connectivity index (χ3v) is 5.78. The number of carbonyl (C=O) groups excluding carboxylic acids is 4. The molecule has 0 aromatic heterocycles. The molecule has 3 aliphatic rings. The molecule has 26 heavy (non-hydrogen) atoms. The average molecular weight is 373 g/mol. The molecule has 1 N–H and O–H groups in total. The zero-order valence-corrected chi connectivity index (χ0v) is 15.0. The van der Waals surface area contributed by atoms with Gasteiger partial charge in [-0.2, -0.15) is 0 Å². The zero-order valence-electron chi connectivity index (χ0n) is 14.1. The first-order valence-electron chi connectivity index (χ1n) is 8.67. The fourth-order valence-electron chi connectivity index (χ4n) is 3.30. The van der Waals surface area contributed by atoms with Gasteiger partial charge in [0.25, 0.3) is 5.24 Å². The van der Waals surface area contributed by atoms with Crippen molar-refractivity contribution in [1.82, 2.24) is 9.80 Å². The Hall–Kier alpha value is -2.35. The second-order valence-electron chi connectivity index (χ2n) is 6.90. The predicted molar refractivity (Wildman–Crippen MR) is 96.3 cm³/mol. The standard InChI is InChI=1S/C18H19N3O4S/c22-15-7-12(9-20(15)14-5-6-14)17(24)19-13-3-1-11(2-4-13)8-21-16(23)10-26-18(21)25/h1-4,12,14H,5-10H2,(H,19,24). The molecule has 4 amide bonds. The van der Waals surface area contributed by atoms with E-state index >= 15 is 0 Å². The van der Waals surface area contributed by atoms with Gasteiger partial charge in [-0.25, -0.2) is 0 Å². The maximum absolute atomic E-state index is 12.4. The van der Waals surface area contributed by atoms with E-state index in [1.165, 1.54) is 4.90 Å². The number of nitrogens with one attached hydrogen (secondary N) is 1. The largest absolute Gasteiger partial charge is 0.339 e. The number of likely N-dealkylation sites (tertiary alicyclic amines) is 1. The smallest absolute Gasteiger partial charge is 0.289 e. The van der Waals surface area contributed by atoms with Crippen LogP contribution in [0.2, 0.25) is 0 Å². The van der Waals surface area contributed by atoms with Crippen LogP contribution in [0.15, 0.2) is 24.3 Å². The molecule has 2 saturated heterocycles. The van der Waals surface area contributed by atoms with Crippen molar-refractivity contribution in [1.29, 1.82) is 0 Å². The molecule has 0 bridgehead atoms. The number of hydrogen-bond acceptors (Lipinski definition) is 5. The maximum atomic E-state index is 12.4. The van der Waals surface area contributed by atoms with E-state index in [0.29, 0.717) is 18.3 Å². The lowest BCUT2D eigenvalue weighted by atomic mass is 10.1. The molecule has 1 aliphatic carbocycles. The van der Waals surface area contributed by atoms with Crippen LogP contribution in [0.3, 0.4) is 0 Å². The van der Waals surface area contributed by atoms with Gasteiger partial charge in [0.1, 0.15) is 0 Å². The normalized spacial score (nSPS) is 23.1. The van der Waals surface area contributed by atoms with Crippen molar-refractivity contribution in [3.63, 3.8) is 0 Å². The van der Waals surface area contributed by atoms with Crippen molar-refractivity contribution in [2.24, 2.45) is 5.92 Å². The lowest BCUT2D eigenvalue weighted by molar-refractivity contribution is -0.128. The fourth-order valence-corrected chi connectivity index (χ4v) is 4.03. The van der Waals surface area contributed by atoms with E-state index in [1.54, 1.807) is 24.3 Å². The Balaban J connectivity index is 1.34. The second-order valence-corrected chi connectivity index (χ2v) is 7.83. The molecule has 136 valence electrons. The topological polar surface area (TPSA) is 86.8 Å². The Morgan fingerprint density at radius 1 is 1.12 bits per heavy atom. The van der Waals surface area contributed by atoms with Crippen LogP contribution >= 0.6 is 11.8 Å². The van der Waals surface area contributed by atoms with Gasteiger partial charge in [-0.1, -0.05) is 23.9 Å². The summed E-state index contributed by atoms with van der Waals surface area (Å²) in [5, 5.41) is 2.63. The minimum atomic E-state index is -0.306. The number of hydrogen-bond donors (Lipinski definition) is 1. The molecule has 0 spiro atoms. The summed E-state index contributed by atoms with van der Waals surface area (Å²) in [6, 6.07) is 7.42. The molecule has 1 aromatic carbocycles. The number of thioether (sulfide) groups is 1. The predicted octanol–water partition coefficient (Wildman–Crippen LogP) is 1.83. The molecule has 1 aromatic rings. The SMILES string of the molecule is O=C(Nc1ccc(CN2C(=O)CSC2=O)cc1)C1CC(=O)N(C2CC2)C1. The van der Waals surface area contributed by atoms with E-state index in [4.69, 9.17) is 0 Å². The van der Waals surface area contributed by atoms with Crippen LogP contribution in [0, 0.1) is 5.92 Å². The van der Waals surface area contributed by atoms with E-state index in [1.807, 2.05) is 4.90 Å². The monoisotopic (exact) mass is 373 g/mol. The highest BCUT2D eigenvalue weighted by Gasteiger charge is 2.41. The molecule has 7 nitrogen and oxygen atoms in total. The number of amides is 4. The molecular weight excluding hydrogens is 354 g/mol. The average Bonchev–Trinajstić information content (AvgIpc) is 3.33. The quantitative estimate of drug-likeness (QED) is 0.851. The number of imide groups is 1. The van der Waals surface area contributed by atoms with Crippen molar-refractivity contribution in [2.75, 3.05) is 17.6 Å². The summed E-state index contributed by atoms with van der Waals surface area (Å²) >= 11 is 1.01. The molecular formula is C18H19N3O4S. The minimum absolute atomic E-state index is 0.0702. The van der Waals surface area contributed by atoms with Gasteiger partial charge in [-0.3, -0.25) is 24.1 Å². The molecule has 3 fully saturated rings. The zero-order chi connectivity index (χ0) is 18.3. The summed E-state index contributed by atoms with van der Waals surface area (Å²) in [4.78, 5) is 50.7. The van der Waals surface area contributed by atoms with Crippen LogP contribution in [0.1, 0.15) is 24.8 Å². The third-order valence-electron chi connectivity index (χ3n) is 4.92. The van der Waals surface area contributed by atoms with E-state index in [2.05, 4.69) is 5.32 Å². The van der Waals surface area contributed by atoms with Crippen molar-refractivity contribution < 1.29 is 19.2 Å². The van der Waals surface area contributed by atoms with Crippen LogP contribution in [-0.4, -0.2) is 51.1 Å². The Morgan fingerprint density at radius 2 is 1.85 bits per heavy atom. The fraction of sp³-hybridized carbons (Fsp3) is 0.444. The Labute approximate surface area is 155 Å². The van der Waals surface area contributed by atoms with Gasteiger partial charge in [0.15, 0.2) is 0 Å². The summed E-state index contributed by atoms with van der Waals surface area (Å²) in [6.07, 6.45) is 2.36. The second kappa shape index (κ2) is 6.75. The van der Waals surface area contributed by atoms with Gasteiger partial charge in [0.05, 0.1) is 18.2 Å². The number of rotatable bonds is 5. The van der Waals surface area contributed by atoms with Crippen molar-refractivity contribution in [3.8, 4) is 0 Å². The lowest BCUT2D eigenvalue weighted by Crippen LogP contribution is -2.29. The van der Waals surface area contributed by atoms with Crippen molar-refractivity contribution >= 4 is 40.4 Å². The first-order valence-corrected chi connectivity index (χ1v) is 9.66. The molecule has 4 rings (SSSR count). The maximum Gasteiger partial charge on any atom is 0.289 e. The summed E-state index contributed by atoms with van der Waals surface area (Å²) in [5.74, 6) is -0.357. The number of nitrogens with zero attached hydrogens (tertiary/aromatic N) is 2. The van der Waals surface area contributed by atoms with E-state index < -0.39 is 0 Å². The number of benzene rings is 1. The Kier molecular flexibility index (Phi) is 4.44. The van der Waals surface area contributed by atoms with Crippen LogP contribution < -0.4 is 5.32 Å². The number of carbonyl (C=O) groups is 4. The molecule has 1 unspecified atom stereocenters. The van der Waals surface area contributed by atoms with Crippen molar-refractivity contribution in [2.45, 2.75) is 31.8 Å². The van der Waals surface area contributed by atoms with Gasteiger partial charge in [0, 0.05) is 24.7 Å². The van der Waals surface area contributed by atoms with Crippen LogP contribution in [-0.2, 0) is 20.9 Å². The molecule has 2 heterocycles. The van der Waals surface area contributed by atoms with Crippen molar-refractivity contribution in [3.05, 3.63) is 29.8 Å². The lowest BCUT2D eigenvalue weighted by Gasteiger charge is -2.16. The van der Waals surface area contributed by atoms with Gasteiger partial charge < -0.3 is 10.2 Å². The van der Waals surface area contributed by atoms with Gasteiger partial charge in [-0.15, -0.1) is 0 Å². The first kappa shape index (κ1) is 17.1. The molecule has 8 heteroatoms. The van der Waals surface area contributed by atoms with Crippen LogP contribution in [0.25, 0.3) is 0 Å². The molecule has 1 saturated carbocycles. The summed E-state index contributed by atoms with van der Waals surface area (Å²) < 4.78 is 0. The first-order chi connectivity index (χ1) is 12.5. The Morgan fingerprint density at radius 3 is 2.46 bits per heavy atom. The summed E-state index contributed by atoms with van der Waals surface area (Å²) in [5.41, 5.74) is 1.47. The minimum Gasteiger partial charge on any atom is -0.339 e. The molecule has 0 radical (unpaired) electrons. The van der Waals surface area contributed by atoms with Gasteiger partial charge in [-0.05, 0) is 30.5 Å². The van der Waals surface area contributed by atoms with E-state index in [9.17, 15) is 19.2 Å². The highest BCUT2D eigenvalue weighted by Crippen LogP contribution is 2.33. The third kappa shape index (κ3) is 3.46. The number of anilines is 1.